The Labute approximate surface area is 170 Å². The fourth-order valence-electron chi connectivity index (χ4n) is 4.09. The van der Waals surface area contributed by atoms with Gasteiger partial charge in [0, 0.05) is 25.0 Å². The summed E-state index contributed by atoms with van der Waals surface area (Å²) in [6.07, 6.45) is 11.6. The predicted molar refractivity (Wildman–Crippen MR) is 120 cm³/mol. The predicted octanol–water partition coefficient (Wildman–Crippen LogP) is 6.01. The zero-order valence-corrected chi connectivity index (χ0v) is 17.5. The van der Waals surface area contributed by atoms with E-state index in [-0.39, 0.29) is 0 Å². The van der Waals surface area contributed by atoms with Gasteiger partial charge in [0.25, 0.3) is 0 Å². The molecule has 1 heterocycles. The summed E-state index contributed by atoms with van der Waals surface area (Å²) in [6.45, 7) is 7.60. The molecule has 0 saturated heterocycles. The Bertz CT molecular complexity index is 738. The second-order valence-electron chi connectivity index (χ2n) is 7.91. The molecule has 1 unspecified atom stereocenters. The number of unbranched alkanes of at least 4 members (excludes halogenated alkanes) is 1. The van der Waals surface area contributed by atoms with E-state index in [9.17, 15) is 0 Å². The molecule has 0 aliphatic heterocycles. The van der Waals surface area contributed by atoms with Gasteiger partial charge in [0.05, 0.1) is 11.7 Å². The minimum Gasteiger partial charge on any atom is -0.385 e. The lowest BCUT2D eigenvalue weighted by Crippen LogP contribution is -2.32. The maximum Gasteiger partial charge on any atom is 0.0607 e. The van der Waals surface area contributed by atoms with Crippen molar-refractivity contribution in [1.82, 2.24) is 9.88 Å². The van der Waals surface area contributed by atoms with E-state index < -0.39 is 0 Å². The number of hydrogen-bond donors (Lipinski definition) is 1. The van der Waals surface area contributed by atoms with Gasteiger partial charge in [0.2, 0.25) is 0 Å². The molecule has 2 aromatic rings. The number of pyridine rings is 1. The second kappa shape index (κ2) is 11.0. The van der Waals surface area contributed by atoms with Crippen molar-refractivity contribution in [3.8, 4) is 0 Å². The van der Waals surface area contributed by atoms with Gasteiger partial charge in [-0.2, -0.15) is 0 Å². The summed E-state index contributed by atoms with van der Waals surface area (Å²) in [6, 6.07) is 15.3. The van der Waals surface area contributed by atoms with E-state index in [4.69, 9.17) is 4.98 Å². The molecule has 1 aromatic heterocycles. The molecular weight excluding hydrogens is 342 g/mol. The first-order valence-electron chi connectivity index (χ1n) is 10.9. The highest BCUT2D eigenvalue weighted by atomic mass is 15.2. The minimum atomic E-state index is 0.454. The topological polar surface area (TPSA) is 28.2 Å². The molecule has 1 N–H and O–H groups in total. The molecule has 150 valence electrons. The Morgan fingerprint density at radius 1 is 1.14 bits per heavy atom. The fourth-order valence-corrected chi connectivity index (χ4v) is 4.09. The summed E-state index contributed by atoms with van der Waals surface area (Å²) in [5, 5.41) is 3.53. The molecule has 3 rings (SSSR count). The molecule has 0 radical (unpaired) electrons. The van der Waals surface area contributed by atoms with Crippen LogP contribution >= 0.6 is 0 Å². The second-order valence-corrected chi connectivity index (χ2v) is 7.91. The number of para-hydroxylation sites is 1. The highest BCUT2D eigenvalue weighted by molar-refractivity contribution is 5.42. The van der Waals surface area contributed by atoms with Crippen LogP contribution in [0.3, 0.4) is 0 Å². The Hall–Kier alpha value is -2.13. The number of rotatable bonds is 9. The first-order valence-corrected chi connectivity index (χ1v) is 10.9. The van der Waals surface area contributed by atoms with E-state index in [1.165, 1.54) is 61.0 Å². The first-order chi connectivity index (χ1) is 13.8. The molecule has 3 heteroatoms. The molecule has 0 saturated carbocycles. The van der Waals surface area contributed by atoms with E-state index in [0.717, 1.165) is 19.6 Å². The Morgan fingerprint density at radius 3 is 2.82 bits per heavy atom. The standard InChI is InChI=1S/C25H35N3/c1-3-21(2)20-28(19-10-9-17-26-23-14-5-4-6-15-23)24-16-8-7-12-22-13-11-18-27-25(22)24/h3-6,11,13-15,18,24,26H,7-10,12,16-17,19-20H2,1-2H3/b21-3+. The number of fused-ring (bicyclic) bond motifs is 1. The van der Waals surface area contributed by atoms with Crippen LogP contribution in [0.2, 0.25) is 0 Å². The number of hydrogen-bond acceptors (Lipinski definition) is 3. The molecule has 1 aliphatic carbocycles. The molecule has 1 aliphatic rings. The Kier molecular flexibility index (Phi) is 8.10. The van der Waals surface area contributed by atoms with Crippen LogP contribution in [0, 0.1) is 0 Å². The molecule has 0 spiro atoms. The van der Waals surface area contributed by atoms with E-state index in [1.54, 1.807) is 0 Å². The van der Waals surface area contributed by atoms with Gasteiger partial charge in [-0.25, -0.2) is 0 Å². The van der Waals surface area contributed by atoms with E-state index >= 15 is 0 Å². The lowest BCUT2D eigenvalue weighted by Gasteiger charge is -2.32. The largest absolute Gasteiger partial charge is 0.385 e. The summed E-state index contributed by atoms with van der Waals surface area (Å²) >= 11 is 0. The van der Waals surface area contributed by atoms with Crippen LogP contribution in [-0.4, -0.2) is 29.5 Å². The van der Waals surface area contributed by atoms with Gasteiger partial charge in [-0.1, -0.05) is 42.3 Å². The van der Waals surface area contributed by atoms with Crippen LogP contribution in [-0.2, 0) is 6.42 Å². The number of aryl methyl sites for hydroxylation is 1. The summed E-state index contributed by atoms with van der Waals surface area (Å²) in [5.41, 5.74) is 5.44. The third-order valence-corrected chi connectivity index (χ3v) is 5.78. The van der Waals surface area contributed by atoms with Gasteiger partial charge in [0.1, 0.15) is 0 Å². The van der Waals surface area contributed by atoms with Gasteiger partial charge >= 0.3 is 0 Å². The van der Waals surface area contributed by atoms with Crippen LogP contribution in [0.4, 0.5) is 5.69 Å². The molecule has 0 bridgehead atoms. The summed E-state index contributed by atoms with van der Waals surface area (Å²) in [5.74, 6) is 0. The van der Waals surface area contributed by atoms with Crippen molar-refractivity contribution in [2.45, 2.75) is 58.4 Å². The van der Waals surface area contributed by atoms with E-state index in [0.29, 0.717) is 6.04 Å². The van der Waals surface area contributed by atoms with Gasteiger partial charge in [-0.3, -0.25) is 9.88 Å². The third-order valence-electron chi connectivity index (χ3n) is 5.78. The van der Waals surface area contributed by atoms with Crippen LogP contribution in [0.1, 0.15) is 63.3 Å². The van der Waals surface area contributed by atoms with Crippen LogP contribution in [0.15, 0.2) is 60.3 Å². The summed E-state index contributed by atoms with van der Waals surface area (Å²) in [4.78, 5) is 7.50. The number of allylic oxidation sites excluding steroid dienone is 1. The van der Waals surface area contributed by atoms with Crippen LogP contribution in [0.25, 0.3) is 0 Å². The highest BCUT2D eigenvalue weighted by Gasteiger charge is 2.25. The fraction of sp³-hybridized carbons (Fsp3) is 0.480. The molecule has 0 fully saturated rings. The van der Waals surface area contributed by atoms with Crippen molar-refractivity contribution in [3.63, 3.8) is 0 Å². The SMILES string of the molecule is C/C=C(\C)CN(CCCCNc1ccccc1)C1CCCCc2cccnc21. The third kappa shape index (κ3) is 5.93. The lowest BCUT2D eigenvalue weighted by atomic mass is 10.0. The Morgan fingerprint density at radius 2 is 2.00 bits per heavy atom. The van der Waals surface area contributed by atoms with E-state index in [1.807, 2.05) is 6.20 Å². The van der Waals surface area contributed by atoms with E-state index in [2.05, 4.69) is 72.6 Å². The van der Waals surface area contributed by atoms with Gasteiger partial charge < -0.3 is 5.32 Å². The normalized spacial score (nSPS) is 17.2. The number of aromatic nitrogens is 1. The van der Waals surface area contributed by atoms with Crippen molar-refractivity contribution in [2.75, 3.05) is 25.0 Å². The maximum absolute atomic E-state index is 4.83. The minimum absolute atomic E-state index is 0.454. The van der Waals surface area contributed by atoms with Crippen LogP contribution in [0.5, 0.6) is 0 Å². The Balaban J connectivity index is 1.61. The van der Waals surface area contributed by atoms with Crippen molar-refractivity contribution in [2.24, 2.45) is 0 Å². The number of anilines is 1. The van der Waals surface area contributed by atoms with Gasteiger partial charge in [-0.15, -0.1) is 0 Å². The lowest BCUT2D eigenvalue weighted by molar-refractivity contribution is 0.195. The van der Waals surface area contributed by atoms with Crippen molar-refractivity contribution in [3.05, 3.63) is 71.6 Å². The molecule has 28 heavy (non-hydrogen) atoms. The monoisotopic (exact) mass is 377 g/mol. The summed E-state index contributed by atoms with van der Waals surface area (Å²) < 4.78 is 0. The zero-order chi connectivity index (χ0) is 19.6. The molecule has 1 aromatic carbocycles. The maximum atomic E-state index is 4.83. The number of nitrogens with zero attached hydrogens (tertiary/aromatic N) is 2. The van der Waals surface area contributed by atoms with Crippen molar-refractivity contribution < 1.29 is 0 Å². The molecule has 0 amide bonds. The summed E-state index contributed by atoms with van der Waals surface area (Å²) in [7, 11) is 0. The van der Waals surface area contributed by atoms with Gasteiger partial charge in [-0.05, 0) is 76.3 Å². The zero-order valence-electron chi connectivity index (χ0n) is 17.5. The molecular formula is C25H35N3. The average molecular weight is 378 g/mol. The van der Waals surface area contributed by atoms with Crippen molar-refractivity contribution >= 4 is 5.69 Å². The van der Waals surface area contributed by atoms with Crippen molar-refractivity contribution in [1.29, 1.82) is 0 Å². The quantitative estimate of drug-likeness (QED) is 0.329. The number of benzene rings is 1. The molecule has 1 atom stereocenters. The average Bonchev–Trinajstić information content (AvgIpc) is 2.96. The number of nitrogens with one attached hydrogen (secondary N) is 1. The first kappa shape index (κ1) is 20.6. The van der Waals surface area contributed by atoms with Gasteiger partial charge in [0.15, 0.2) is 0 Å². The molecule has 3 nitrogen and oxygen atoms in total. The van der Waals surface area contributed by atoms with Crippen LogP contribution < -0.4 is 5.32 Å². The highest BCUT2D eigenvalue weighted by Crippen LogP contribution is 2.32. The smallest absolute Gasteiger partial charge is 0.0607 e.